The van der Waals surface area contributed by atoms with Crippen molar-refractivity contribution >= 4 is 17.8 Å². The number of aromatic nitrogens is 3. The van der Waals surface area contributed by atoms with Gasteiger partial charge in [-0.2, -0.15) is 15.0 Å². The molecule has 1 fully saturated rings. The fraction of sp³-hybridized carbons (Fsp3) is 0.786. The molecule has 1 aliphatic rings. The Labute approximate surface area is 126 Å². The van der Waals surface area contributed by atoms with E-state index < -0.39 is 0 Å². The lowest BCUT2D eigenvalue weighted by molar-refractivity contribution is 0.311. The number of nitrogens with one attached hydrogen (secondary N) is 2. The number of unbranched alkanes of at least 4 members (excludes halogenated alkanes) is 1. The summed E-state index contributed by atoms with van der Waals surface area (Å²) in [5.41, 5.74) is 0. The van der Waals surface area contributed by atoms with Crippen molar-refractivity contribution in [1.82, 2.24) is 15.0 Å². The number of anilines is 3. The second-order valence-corrected chi connectivity index (χ2v) is 5.26. The van der Waals surface area contributed by atoms with E-state index in [1.54, 1.807) is 0 Å². The summed E-state index contributed by atoms with van der Waals surface area (Å²) >= 11 is 0. The molecule has 118 valence electrons. The Morgan fingerprint density at radius 2 is 1.67 bits per heavy atom. The van der Waals surface area contributed by atoms with E-state index in [0.717, 1.165) is 38.4 Å². The van der Waals surface area contributed by atoms with Gasteiger partial charge in [-0.15, -0.1) is 0 Å². The van der Waals surface area contributed by atoms with Crippen LogP contribution in [0.5, 0.6) is 0 Å². The molecule has 3 N–H and O–H groups in total. The average Bonchev–Trinajstić information content (AvgIpc) is 2.54. The third-order valence-electron chi connectivity index (χ3n) is 3.47. The lowest BCUT2D eigenvalue weighted by Gasteiger charge is -2.27. The normalized spacial score (nSPS) is 15.0. The molecule has 0 aliphatic carbocycles. The van der Waals surface area contributed by atoms with E-state index in [4.69, 9.17) is 5.11 Å². The molecule has 7 nitrogen and oxygen atoms in total. The Hall–Kier alpha value is -1.63. The van der Waals surface area contributed by atoms with Gasteiger partial charge in [0.2, 0.25) is 17.8 Å². The predicted molar refractivity (Wildman–Crippen MR) is 84.9 cm³/mol. The van der Waals surface area contributed by atoms with Gasteiger partial charge in [0.15, 0.2) is 0 Å². The Morgan fingerprint density at radius 3 is 2.29 bits per heavy atom. The topological polar surface area (TPSA) is 86.2 Å². The van der Waals surface area contributed by atoms with Crippen LogP contribution in [-0.2, 0) is 0 Å². The van der Waals surface area contributed by atoms with E-state index in [-0.39, 0.29) is 6.61 Å². The number of nitrogens with zero attached hydrogens (tertiary/aromatic N) is 4. The van der Waals surface area contributed by atoms with Crippen molar-refractivity contribution in [2.24, 2.45) is 0 Å². The standard InChI is InChI=1S/C14H26N6O/c1-2-3-7-15-12-17-13(16-8-11-21)19-14(18-12)20-9-5-4-6-10-20/h21H,2-11H2,1H3,(H2,15,16,17,18,19). The zero-order valence-corrected chi connectivity index (χ0v) is 12.8. The highest BCUT2D eigenvalue weighted by atomic mass is 16.3. The third kappa shape index (κ3) is 5.00. The monoisotopic (exact) mass is 294 g/mol. The van der Waals surface area contributed by atoms with Gasteiger partial charge in [-0.05, 0) is 25.7 Å². The maximum atomic E-state index is 8.93. The van der Waals surface area contributed by atoms with Crippen molar-refractivity contribution in [2.75, 3.05) is 48.3 Å². The van der Waals surface area contributed by atoms with E-state index >= 15 is 0 Å². The van der Waals surface area contributed by atoms with Crippen LogP contribution in [0.15, 0.2) is 0 Å². The van der Waals surface area contributed by atoms with E-state index in [0.29, 0.717) is 18.4 Å². The van der Waals surface area contributed by atoms with Crippen molar-refractivity contribution in [3.8, 4) is 0 Å². The molecule has 2 rings (SSSR count). The lowest BCUT2D eigenvalue weighted by Crippen LogP contribution is -2.31. The highest BCUT2D eigenvalue weighted by molar-refractivity contribution is 5.44. The molecule has 7 heteroatoms. The average molecular weight is 294 g/mol. The zero-order valence-electron chi connectivity index (χ0n) is 12.8. The summed E-state index contributed by atoms with van der Waals surface area (Å²) in [6, 6.07) is 0. The molecule has 0 atom stereocenters. The van der Waals surface area contributed by atoms with Gasteiger partial charge in [0.05, 0.1) is 6.61 Å². The largest absolute Gasteiger partial charge is 0.395 e. The molecule has 0 aromatic carbocycles. The second kappa shape index (κ2) is 8.61. The third-order valence-corrected chi connectivity index (χ3v) is 3.47. The predicted octanol–water partition coefficient (Wildman–Crippen LogP) is 1.48. The molecule has 1 aliphatic heterocycles. The second-order valence-electron chi connectivity index (χ2n) is 5.26. The van der Waals surface area contributed by atoms with Crippen LogP contribution in [0.3, 0.4) is 0 Å². The SMILES string of the molecule is CCCCNc1nc(NCCO)nc(N2CCCCC2)n1. The smallest absolute Gasteiger partial charge is 0.231 e. The molecule has 0 amide bonds. The molecule has 1 aromatic heterocycles. The van der Waals surface area contributed by atoms with E-state index in [1.807, 2.05) is 0 Å². The van der Waals surface area contributed by atoms with Crippen LogP contribution in [0.25, 0.3) is 0 Å². The van der Waals surface area contributed by atoms with Gasteiger partial charge in [-0.3, -0.25) is 0 Å². The summed E-state index contributed by atoms with van der Waals surface area (Å²) in [5.74, 6) is 1.86. The highest BCUT2D eigenvalue weighted by Gasteiger charge is 2.16. The summed E-state index contributed by atoms with van der Waals surface area (Å²) in [4.78, 5) is 15.6. The van der Waals surface area contributed by atoms with Crippen molar-refractivity contribution in [1.29, 1.82) is 0 Å². The van der Waals surface area contributed by atoms with E-state index in [2.05, 4.69) is 37.4 Å². The molecule has 0 radical (unpaired) electrons. The molecule has 21 heavy (non-hydrogen) atoms. The quantitative estimate of drug-likeness (QED) is 0.626. The molecule has 2 heterocycles. The van der Waals surface area contributed by atoms with Crippen LogP contribution in [0.2, 0.25) is 0 Å². The Bertz CT molecular complexity index is 422. The molecule has 1 aromatic rings. The van der Waals surface area contributed by atoms with Gasteiger partial charge in [0.1, 0.15) is 0 Å². The number of hydrogen-bond donors (Lipinski definition) is 3. The molecular weight excluding hydrogens is 268 g/mol. The van der Waals surface area contributed by atoms with Gasteiger partial charge >= 0.3 is 0 Å². The van der Waals surface area contributed by atoms with Crippen LogP contribution in [-0.4, -0.2) is 52.8 Å². The van der Waals surface area contributed by atoms with Crippen molar-refractivity contribution in [2.45, 2.75) is 39.0 Å². The molecule has 0 saturated carbocycles. The Balaban J connectivity index is 2.10. The molecule has 0 bridgehead atoms. The minimum Gasteiger partial charge on any atom is -0.395 e. The number of aliphatic hydroxyl groups excluding tert-OH is 1. The first-order valence-electron chi connectivity index (χ1n) is 7.93. The lowest BCUT2D eigenvalue weighted by atomic mass is 10.1. The first kappa shape index (κ1) is 15.8. The van der Waals surface area contributed by atoms with Crippen LogP contribution < -0.4 is 15.5 Å². The fourth-order valence-corrected chi connectivity index (χ4v) is 2.30. The first-order valence-corrected chi connectivity index (χ1v) is 7.93. The van der Waals surface area contributed by atoms with Gasteiger partial charge < -0.3 is 20.6 Å². The maximum absolute atomic E-state index is 8.93. The van der Waals surface area contributed by atoms with Gasteiger partial charge in [-0.25, -0.2) is 0 Å². The summed E-state index contributed by atoms with van der Waals surface area (Å²) in [5, 5.41) is 15.2. The Kier molecular flexibility index (Phi) is 6.46. The van der Waals surface area contributed by atoms with Crippen LogP contribution in [0, 0.1) is 0 Å². The molecular formula is C14H26N6O. The molecule has 1 saturated heterocycles. The zero-order chi connectivity index (χ0) is 14.9. The van der Waals surface area contributed by atoms with Gasteiger partial charge in [0, 0.05) is 26.2 Å². The minimum atomic E-state index is 0.0589. The fourth-order valence-electron chi connectivity index (χ4n) is 2.30. The van der Waals surface area contributed by atoms with Crippen molar-refractivity contribution in [3.63, 3.8) is 0 Å². The molecule has 0 spiro atoms. The maximum Gasteiger partial charge on any atom is 0.231 e. The highest BCUT2D eigenvalue weighted by Crippen LogP contribution is 2.18. The van der Waals surface area contributed by atoms with Gasteiger partial charge in [-0.1, -0.05) is 13.3 Å². The summed E-state index contributed by atoms with van der Waals surface area (Å²) in [7, 11) is 0. The van der Waals surface area contributed by atoms with Crippen LogP contribution >= 0.6 is 0 Å². The summed E-state index contributed by atoms with van der Waals surface area (Å²) < 4.78 is 0. The summed E-state index contributed by atoms with van der Waals surface area (Å²) in [6.07, 6.45) is 5.86. The van der Waals surface area contributed by atoms with Crippen molar-refractivity contribution < 1.29 is 5.11 Å². The van der Waals surface area contributed by atoms with Crippen LogP contribution in [0.1, 0.15) is 39.0 Å². The minimum absolute atomic E-state index is 0.0589. The number of piperidine rings is 1. The van der Waals surface area contributed by atoms with E-state index in [9.17, 15) is 0 Å². The number of hydrogen-bond acceptors (Lipinski definition) is 7. The number of aliphatic hydroxyl groups is 1. The summed E-state index contributed by atoms with van der Waals surface area (Å²) in [6.45, 7) is 5.51. The number of rotatable bonds is 8. The Morgan fingerprint density at radius 1 is 1.00 bits per heavy atom. The van der Waals surface area contributed by atoms with E-state index in [1.165, 1.54) is 19.3 Å². The molecule has 0 unspecified atom stereocenters. The van der Waals surface area contributed by atoms with Crippen LogP contribution in [0.4, 0.5) is 17.8 Å². The first-order chi connectivity index (χ1) is 10.3. The van der Waals surface area contributed by atoms with Gasteiger partial charge in [0.25, 0.3) is 0 Å². The van der Waals surface area contributed by atoms with Crippen molar-refractivity contribution in [3.05, 3.63) is 0 Å².